The molecule has 1 heterocycles. The van der Waals surface area contributed by atoms with Crippen LogP contribution in [0.1, 0.15) is 36.9 Å². The van der Waals surface area contributed by atoms with E-state index in [1.807, 2.05) is 24.3 Å². The van der Waals surface area contributed by atoms with Crippen LogP contribution in [0, 0.1) is 5.41 Å². The van der Waals surface area contributed by atoms with Crippen molar-refractivity contribution in [1.29, 1.82) is 0 Å². The number of amides is 1. The van der Waals surface area contributed by atoms with Crippen molar-refractivity contribution >= 4 is 11.9 Å². The molecule has 0 aliphatic heterocycles. The van der Waals surface area contributed by atoms with Crippen LogP contribution in [0.3, 0.4) is 0 Å². The molecular formula is C18H21NO4. The number of carboxylic acid groups (broad SMARTS) is 1. The maximum absolute atomic E-state index is 12.1. The molecule has 2 rings (SSSR count). The molecule has 0 radical (unpaired) electrons. The summed E-state index contributed by atoms with van der Waals surface area (Å²) in [5, 5.41) is 11.6. The minimum absolute atomic E-state index is 0.0302. The fourth-order valence-corrected chi connectivity index (χ4v) is 1.98. The molecule has 122 valence electrons. The van der Waals surface area contributed by atoms with Gasteiger partial charge in [-0.1, -0.05) is 31.2 Å². The molecule has 0 bridgehead atoms. The molecule has 2 aromatic rings. The quantitative estimate of drug-likeness (QED) is 0.856. The fraction of sp³-hybridized carbons (Fsp3) is 0.333. The van der Waals surface area contributed by atoms with Crippen molar-refractivity contribution in [2.75, 3.05) is 6.54 Å². The van der Waals surface area contributed by atoms with Gasteiger partial charge in [0.15, 0.2) is 5.76 Å². The summed E-state index contributed by atoms with van der Waals surface area (Å²) >= 11 is 0. The highest BCUT2D eigenvalue weighted by atomic mass is 16.4. The van der Waals surface area contributed by atoms with Gasteiger partial charge in [-0.2, -0.15) is 0 Å². The zero-order valence-electron chi connectivity index (χ0n) is 13.6. The third kappa shape index (κ3) is 4.00. The van der Waals surface area contributed by atoms with E-state index < -0.39 is 17.3 Å². The molecule has 0 atom stereocenters. The topological polar surface area (TPSA) is 79.5 Å². The Morgan fingerprint density at radius 2 is 1.78 bits per heavy atom. The lowest BCUT2D eigenvalue weighted by Gasteiger charge is -2.18. The second-order valence-electron chi connectivity index (χ2n) is 6.09. The van der Waals surface area contributed by atoms with Crippen LogP contribution in [0.4, 0.5) is 0 Å². The van der Waals surface area contributed by atoms with E-state index in [0.29, 0.717) is 5.76 Å². The van der Waals surface area contributed by atoms with Gasteiger partial charge < -0.3 is 14.8 Å². The third-order valence-corrected chi connectivity index (χ3v) is 3.75. The lowest BCUT2D eigenvalue weighted by Crippen LogP contribution is -2.38. The Morgan fingerprint density at radius 3 is 2.35 bits per heavy atom. The van der Waals surface area contributed by atoms with Crippen LogP contribution in [-0.4, -0.2) is 23.5 Å². The van der Waals surface area contributed by atoms with E-state index in [1.54, 1.807) is 26.0 Å². The molecular weight excluding hydrogens is 294 g/mol. The van der Waals surface area contributed by atoms with Gasteiger partial charge in [-0.3, -0.25) is 9.59 Å². The van der Waals surface area contributed by atoms with E-state index in [4.69, 9.17) is 9.52 Å². The molecule has 0 unspecified atom stereocenters. The Labute approximate surface area is 135 Å². The van der Waals surface area contributed by atoms with Gasteiger partial charge >= 0.3 is 5.97 Å². The first kappa shape index (κ1) is 16.8. The van der Waals surface area contributed by atoms with E-state index in [1.165, 1.54) is 5.56 Å². The van der Waals surface area contributed by atoms with Crippen LogP contribution in [0.2, 0.25) is 0 Å². The molecule has 2 N–H and O–H groups in total. The molecule has 5 nitrogen and oxygen atoms in total. The first-order chi connectivity index (χ1) is 10.8. The predicted octanol–water partition coefficient (Wildman–Crippen LogP) is 3.35. The summed E-state index contributed by atoms with van der Waals surface area (Å²) in [5.41, 5.74) is 1.10. The van der Waals surface area contributed by atoms with Crippen molar-refractivity contribution in [3.63, 3.8) is 0 Å². The van der Waals surface area contributed by atoms with Crippen LogP contribution < -0.4 is 5.32 Å². The summed E-state index contributed by atoms with van der Waals surface area (Å²) in [6, 6.07) is 11.3. The minimum atomic E-state index is -1.03. The van der Waals surface area contributed by atoms with Crippen molar-refractivity contribution in [2.24, 2.45) is 5.41 Å². The van der Waals surface area contributed by atoms with Crippen LogP contribution in [-0.2, 0) is 11.2 Å². The van der Waals surface area contributed by atoms with E-state index >= 15 is 0 Å². The fourth-order valence-electron chi connectivity index (χ4n) is 1.98. The second kappa shape index (κ2) is 6.69. The van der Waals surface area contributed by atoms with Crippen molar-refractivity contribution in [3.05, 3.63) is 47.7 Å². The molecule has 1 amide bonds. The van der Waals surface area contributed by atoms with Gasteiger partial charge in [-0.05, 0) is 38.0 Å². The summed E-state index contributed by atoms with van der Waals surface area (Å²) in [6.07, 6.45) is 0.964. The number of furan rings is 1. The Kier molecular flexibility index (Phi) is 4.89. The highest BCUT2D eigenvalue weighted by molar-refractivity contribution is 5.92. The Morgan fingerprint density at radius 1 is 1.13 bits per heavy atom. The third-order valence-electron chi connectivity index (χ3n) is 3.75. The summed E-state index contributed by atoms with van der Waals surface area (Å²) in [5.74, 6) is -0.610. The zero-order chi connectivity index (χ0) is 17.0. The normalized spacial score (nSPS) is 11.3. The molecule has 0 saturated heterocycles. The lowest BCUT2D eigenvalue weighted by molar-refractivity contribution is -0.146. The van der Waals surface area contributed by atoms with Crippen LogP contribution in [0.25, 0.3) is 11.3 Å². The second-order valence-corrected chi connectivity index (χ2v) is 6.09. The minimum Gasteiger partial charge on any atom is -0.481 e. The number of carboxylic acids is 1. The number of hydrogen-bond donors (Lipinski definition) is 2. The van der Waals surface area contributed by atoms with Gasteiger partial charge in [0.2, 0.25) is 0 Å². The van der Waals surface area contributed by atoms with Crippen LogP contribution >= 0.6 is 0 Å². The maximum Gasteiger partial charge on any atom is 0.310 e. The molecule has 0 spiro atoms. The van der Waals surface area contributed by atoms with Gasteiger partial charge in [-0.15, -0.1) is 0 Å². The molecule has 0 aliphatic carbocycles. The summed E-state index contributed by atoms with van der Waals surface area (Å²) in [4.78, 5) is 23.1. The lowest BCUT2D eigenvalue weighted by atomic mass is 9.94. The standard InChI is InChI=1S/C18H21NO4/c1-4-12-5-7-13(8-6-12)14-9-10-15(23-14)16(20)19-11-18(2,3)17(21)22/h5-10H,4,11H2,1-3H3,(H,19,20)(H,21,22). The first-order valence-corrected chi connectivity index (χ1v) is 7.54. The van der Waals surface area contributed by atoms with Crippen molar-refractivity contribution in [3.8, 4) is 11.3 Å². The highest BCUT2D eigenvalue weighted by Gasteiger charge is 2.28. The average Bonchev–Trinajstić information content (AvgIpc) is 3.02. The Bertz CT molecular complexity index is 698. The van der Waals surface area contributed by atoms with Crippen molar-refractivity contribution in [2.45, 2.75) is 27.2 Å². The average molecular weight is 315 g/mol. The number of carbonyl (C=O) groups excluding carboxylic acids is 1. The van der Waals surface area contributed by atoms with Gasteiger partial charge in [0, 0.05) is 12.1 Å². The van der Waals surface area contributed by atoms with E-state index in [9.17, 15) is 9.59 Å². The maximum atomic E-state index is 12.1. The predicted molar refractivity (Wildman–Crippen MR) is 87.3 cm³/mol. The van der Waals surface area contributed by atoms with Gasteiger partial charge in [-0.25, -0.2) is 0 Å². The Hall–Kier alpha value is -2.56. The van der Waals surface area contributed by atoms with Crippen molar-refractivity contribution < 1.29 is 19.1 Å². The molecule has 0 saturated carbocycles. The van der Waals surface area contributed by atoms with Gasteiger partial charge in [0.05, 0.1) is 5.41 Å². The SMILES string of the molecule is CCc1ccc(-c2ccc(C(=O)NCC(C)(C)C(=O)O)o2)cc1. The molecule has 23 heavy (non-hydrogen) atoms. The largest absolute Gasteiger partial charge is 0.481 e. The summed E-state index contributed by atoms with van der Waals surface area (Å²) in [6.45, 7) is 5.22. The van der Waals surface area contributed by atoms with Gasteiger partial charge in [0.1, 0.15) is 5.76 Å². The molecule has 5 heteroatoms. The summed E-state index contributed by atoms with van der Waals surface area (Å²) < 4.78 is 5.57. The molecule has 0 aliphatic rings. The van der Waals surface area contributed by atoms with E-state index in [0.717, 1.165) is 12.0 Å². The zero-order valence-corrected chi connectivity index (χ0v) is 13.6. The van der Waals surface area contributed by atoms with E-state index in [-0.39, 0.29) is 12.3 Å². The van der Waals surface area contributed by atoms with Crippen LogP contribution in [0.5, 0.6) is 0 Å². The molecule has 1 aromatic heterocycles. The number of benzene rings is 1. The number of aliphatic carboxylic acids is 1. The monoisotopic (exact) mass is 315 g/mol. The highest BCUT2D eigenvalue weighted by Crippen LogP contribution is 2.23. The summed E-state index contributed by atoms with van der Waals surface area (Å²) in [7, 11) is 0. The van der Waals surface area contributed by atoms with Gasteiger partial charge in [0.25, 0.3) is 5.91 Å². The smallest absolute Gasteiger partial charge is 0.310 e. The number of nitrogens with one attached hydrogen (secondary N) is 1. The first-order valence-electron chi connectivity index (χ1n) is 7.54. The molecule has 1 aromatic carbocycles. The van der Waals surface area contributed by atoms with Crippen molar-refractivity contribution in [1.82, 2.24) is 5.32 Å². The number of rotatable bonds is 6. The Balaban J connectivity index is 2.06. The van der Waals surface area contributed by atoms with E-state index in [2.05, 4.69) is 12.2 Å². The number of carbonyl (C=O) groups is 2. The number of aryl methyl sites for hydroxylation is 1. The van der Waals surface area contributed by atoms with Crippen LogP contribution in [0.15, 0.2) is 40.8 Å². The number of hydrogen-bond acceptors (Lipinski definition) is 3. The molecule has 0 fully saturated rings.